The standard InChI is InChI=1S/C11H20O4/c1-10(2,9(12)13)11(14)6-4-8(15-3)5-7-11/h8,14H,4-7H2,1-3H3,(H,12,13). The summed E-state index contributed by atoms with van der Waals surface area (Å²) >= 11 is 0. The molecule has 15 heavy (non-hydrogen) atoms. The Morgan fingerprint density at radius 2 is 1.87 bits per heavy atom. The van der Waals surface area contributed by atoms with Gasteiger partial charge in [-0.3, -0.25) is 4.79 Å². The third kappa shape index (κ3) is 2.16. The lowest BCUT2D eigenvalue weighted by molar-refractivity contribution is -0.172. The molecular weight excluding hydrogens is 196 g/mol. The van der Waals surface area contributed by atoms with Gasteiger partial charge in [0.05, 0.1) is 17.1 Å². The molecule has 0 aliphatic heterocycles. The summed E-state index contributed by atoms with van der Waals surface area (Å²) in [6, 6.07) is 0. The number of carboxylic acid groups (broad SMARTS) is 1. The normalized spacial score (nSPS) is 32.7. The number of carboxylic acids is 1. The van der Waals surface area contributed by atoms with Crippen LogP contribution in [0.2, 0.25) is 0 Å². The van der Waals surface area contributed by atoms with E-state index in [-0.39, 0.29) is 6.10 Å². The van der Waals surface area contributed by atoms with E-state index in [1.165, 1.54) is 0 Å². The predicted molar refractivity (Wildman–Crippen MR) is 55.6 cm³/mol. The zero-order valence-electron chi connectivity index (χ0n) is 9.62. The first kappa shape index (κ1) is 12.5. The van der Waals surface area contributed by atoms with Crippen LogP contribution in [0.4, 0.5) is 0 Å². The fraction of sp³-hybridized carbons (Fsp3) is 0.909. The highest BCUT2D eigenvalue weighted by Gasteiger charge is 2.50. The Morgan fingerprint density at radius 3 is 2.20 bits per heavy atom. The Bertz CT molecular complexity index is 239. The fourth-order valence-electron chi connectivity index (χ4n) is 2.13. The molecule has 0 heterocycles. The van der Waals surface area contributed by atoms with E-state index in [1.807, 2.05) is 0 Å². The molecule has 0 unspecified atom stereocenters. The second kappa shape index (κ2) is 4.10. The van der Waals surface area contributed by atoms with E-state index in [0.717, 1.165) is 12.8 Å². The number of aliphatic carboxylic acids is 1. The molecule has 1 fully saturated rings. The minimum Gasteiger partial charge on any atom is -0.481 e. The molecule has 1 rings (SSSR count). The van der Waals surface area contributed by atoms with Crippen molar-refractivity contribution in [3.8, 4) is 0 Å². The van der Waals surface area contributed by atoms with Crippen molar-refractivity contribution in [3.63, 3.8) is 0 Å². The second-order valence-electron chi connectivity index (χ2n) is 4.90. The summed E-state index contributed by atoms with van der Waals surface area (Å²) in [5, 5.41) is 19.4. The maximum atomic E-state index is 11.1. The first-order valence-corrected chi connectivity index (χ1v) is 5.32. The molecule has 0 aromatic heterocycles. The fourth-order valence-corrected chi connectivity index (χ4v) is 2.13. The van der Waals surface area contributed by atoms with Gasteiger partial charge in [-0.25, -0.2) is 0 Å². The molecule has 88 valence electrons. The molecule has 0 saturated heterocycles. The molecule has 0 radical (unpaired) electrons. The second-order valence-corrected chi connectivity index (χ2v) is 4.90. The number of hydrogen-bond acceptors (Lipinski definition) is 3. The molecule has 2 N–H and O–H groups in total. The Balaban J connectivity index is 2.74. The van der Waals surface area contributed by atoms with Gasteiger partial charge in [0.1, 0.15) is 0 Å². The van der Waals surface area contributed by atoms with Crippen LogP contribution in [0.25, 0.3) is 0 Å². The van der Waals surface area contributed by atoms with Crippen LogP contribution in [-0.4, -0.2) is 35.0 Å². The molecule has 4 heteroatoms. The minimum atomic E-state index is -1.10. The van der Waals surface area contributed by atoms with Gasteiger partial charge >= 0.3 is 5.97 Å². The lowest BCUT2D eigenvalue weighted by Crippen LogP contribution is -2.52. The van der Waals surface area contributed by atoms with Crippen LogP contribution in [0.1, 0.15) is 39.5 Å². The molecule has 1 aliphatic carbocycles. The lowest BCUT2D eigenvalue weighted by atomic mass is 9.66. The highest BCUT2D eigenvalue weighted by atomic mass is 16.5. The summed E-state index contributed by atoms with van der Waals surface area (Å²) in [7, 11) is 1.65. The van der Waals surface area contributed by atoms with Gasteiger partial charge in [-0.15, -0.1) is 0 Å². The van der Waals surface area contributed by atoms with Crippen molar-refractivity contribution in [2.45, 2.75) is 51.2 Å². The lowest BCUT2D eigenvalue weighted by Gasteiger charge is -2.44. The zero-order valence-corrected chi connectivity index (χ0v) is 9.62. The summed E-state index contributed by atoms with van der Waals surface area (Å²) in [4.78, 5) is 11.1. The number of aliphatic hydroxyl groups is 1. The van der Waals surface area contributed by atoms with Gasteiger partial charge in [-0.1, -0.05) is 0 Å². The van der Waals surface area contributed by atoms with Crippen molar-refractivity contribution >= 4 is 5.97 Å². The van der Waals surface area contributed by atoms with Crippen LogP contribution < -0.4 is 0 Å². The monoisotopic (exact) mass is 216 g/mol. The average molecular weight is 216 g/mol. The third-order valence-corrected chi connectivity index (χ3v) is 3.79. The topological polar surface area (TPSA) is 66.8 Å². The van der Waals surface area contributed by atoms with Gasteiger partial charge in [0, 0.05) is 7.11 Å². The number of methoxy groups -OCH3 is 1. The van der Waals surface area contributed by atoms with E-state index >= 15 is 0 Å². The van der Waals surface area contributed by atoms with Crippen molar-refractivity contribution in [2.75, 3.05) is 7.11 Å². The van der Waals surface area contributed by atoms with Crippen molar-refractivity contribution in [1.82, 2.24) is 0 Å². The summed E-state index contributed by atoms with van der Waals surface area (Å²) in [6.45, 7) is 3.17. The predicted octanol–water partition coefficient (Wildman–Crippen LogP) is 1.42. The highest BCUT2D eigenvalue weighted by molar-refractivity contribution is 5.75. The van der Waals surface area contributed by atoms with E-state index < -0.39 is 17.0 Å². The molecule has 0 bridgehead atoms. The van der Waals surface area contributed by atoms with Crippen LogP contribution in [0.5, 0.6) is 0 Å². The van der Waals surface area contributed by atoms with Crippen molar-refractivity contribution < 1.29 is 19.7 Å². The zero-order chi connectivity index (χ0) is 11.7. The van der Waals surface area contributed by atoms with Crippen LogP contribution in [0, 0.1) is 5.41 Å². The van der Waals surface area contributed by atoms with E-state index in [0.29, 0.717) is 12.8 Å². The minimum absolute atomic E-state index is 0.162. The summed E-state index contributed by atoms with van der Waals surface area (Å²) in [5.41, 5.74) is -2.19. The van der Waals surface area contributed by atoms with Crippen LogP contribution in [-0.2, 0) is 9.53 Å². The summed E-state index contributed by atoms with van der Waals surface area (Å²) in [6.07, 6.45) is 2.60. The van der Waals surface area contributed by atoms with Crippen molar-refractivity contribution in [3.05, 3.63) is 0 Å². The van der Waals surface area contributed by atoms with E-state index in [4.69, 9.17) is 9.84 Å². The van der Waals surface area contributed by atoms with E-state index in [1.54, 1.807) is 21.0 Å². The number of rotatable bonds is 3. The Kier molecular flexibility index (Phi) is 3.41. The van der Waals surface area contributed by atoms with Gasteiger partial charge in [0.25, 0.3) is 0 Å². The third-order valence-electron chi connectivity index (χ3n) is 3.79. The van der Waals surface area contributed by atoms with Crippen molar-refractivity contribution in [2.24, 2.45) is 5.41 Å². The van der Waals surface area contributed by atoms with Gasteiger partial charge in [0.15, 0.2) is 0 Å². The summed E-state index contributed by atoms with van der Waals surface area (Å²) < 4.78 is 5.20. The van der Waals surface area contributed by atoms with E-state index in [9.17, 15) is 9.90 Å². The molecule has 4 nitrogen and oxygen atoms in total. The molecule has 0 spiro atoms. The molecule has 1 aliphatic rings. The maximum Gasteiger partial charge on any atom is 0.312 e. The molecule has 0 aromatic carbocycles. The van der Waals surface area contributed by atoms with Gasteiger partial charge in [0.2, 0.25) is 0 Å². The van der Waals surface area contributed by atoms with Gasteiger partial charge < -0.3 is 14.9 Å². The number of ether oxygens (including phenoxy) is 1. The molecule has 0 aromatic rings. The highest BCUT2D eigenvalue weighted by Crippen LogP contribution is 2.42. The van der Waals surface area contributed by atoms with Gasteiger partial charge in [-0.05, 0) is 39.5 Å². The largest absolute Gasteiger partial charge is 0.481 e. The van der Waals surface area contributed by atoms with E-state index in [2.05, 4.69) is 0 Å². The van der Waals surface area contributed by atoms with Crippen LogP contribution in [0.15, 0.2) is 0 Å². The first-order chi connectivity index (χ1) is 6.83. The Hall–Kier alpha value is -0.610. The quantitative estimate of drug-likeness (QED) is 0.748. The van der Waals surface area contributed by atoms with Crippen LogP contribution in [0.3, 0.4) is 0 Å². The Morgan fingerprint density at radius 1 is 1.40 bits per heavy atom. The average Bonchev–Trinajstić information content (AvgIpc) is 2.18. The maximum absolute atomic E-state index is 11.1. The Labute approximate surface area is 90.2 Å². The van der Waals surface area contributed by atoms with Crippen molar-refractivity contribution in [1.29, 1.82) is 0 Å². The first-order valence-electron chi connectivity index (χ1n) is 5.32. The molecule has 0 amide bonds. The summed E-state index contributed by atoms with van der Waals surface area (Å²) in [5.74, 6) is -0.944. The number of carbonyl (C=O) groups is 1. The SMILES string of the molecule is COC1CCC(O)(C(C)(C)C(=O)O)CC1. The molecule has 1 saturated carbocycles. The molecule has 0 atom stereocenters. The number of hydrogen-bond donors (Lipinski definition) is 2. The van der Waals surface area contributed by atoms with Crippen LogP contribution >= 0.6 is 0 Å². The smallest absolute Gasteiger partial charge is 0.312 e. The van der Waals surface area contributed by atoms with Gasteiger partial charge in [-0.2, -0.15) is 0 Å². The molecular formula is C11H20O4.